The molecule has 1 aliphatic heterocycles. The van der Waals surface area contributed by atoms with Gasteiger partial charge >= 0.3 is 6.61 Å². The van der Waals surface area contributed by atoms with Gasteiger partial charge in [0.1, 0.15) is 5.75 Å². The van der Waals surface area contributed by atoms with Gasteiger partial charge in [-0.05, 0) is 18.6 Å². The Morgan fingerprint density at radius 3 is 2.70 bits per heavy atom. The Morgan fingerprint density at radius 2 is 2.10 bits per heavy atom. The first-order valence-electron chi connectivity index (χ1n) is 6.51. The highest BCUT2D eigenvalue weighted by Crippen LogP contribution is 2.30. The summed E-state index contributed by atoms with van der Waals surface area (Å²) >= 11 is 0. The van der Waals surface area contributed by atoms with E-state index in [4.69, 9.17) is 0 Å². The highest BCUT2D eigenvalue weighted by Gasteiger charge is 2.43. The number of alkyl halides is 2. The van der Waals surface area contributed by atoms with Crippen LogP contribution in [0.25, 0.3) is 0 Å². The third-order valence-corrected chi connectivity index (χ3v) is 3.31. The highest BCUT2D eigenvalue weighted by molar-refractivity contribution is 5.97. The van der Waals surface area contributed by atoms with Crippen molar-refractivity contribution in [3.63, 3.8) is 0 Å². The van der Waals surface area contributed by atoms with E-state index in [0.717, 1.165) is 6.42 Å². The maximum Gasteiger partial charge on any atom is 0.387 e. The van der Waals surface area contributed by atoms with Crippen molar-refractivity contribution in [2.45, 2.75) is 32.0 Å². The molecule has 1 amide bonds. The number of hydrogen-bond acceptors (Lipinski definition) is 3. The second-order valence-electron chi connectivity index (χ2n) is 5.01. The van der Waals surface area contributed by atoms with Crippen molar-refractivity contribution in [2.75, 3.05) is 13.1 Å². The van der Waals surface area contributed by atoms with E-state index in [0.29, 0.717) is 6.42 Å². The lowest BCUT2D eigenvalue weighted by atomic mass is 9.88. The van der Waals surface area contributed by atoms with E-state index in [1.54, 1.807) is 6.07 Å². The van der Waals surface area contributed by atoms with Gasteiger partial charge in [0.25, 0.3) is 5.91 Å². The molecule has 4 nitrogen and oxygen atoms in total. The lowest BCUT2D eigenvalue weighted by Gasteiger charge is -2.46. The number of β-amino-alcohol motifs (C(OH)–C–C–N with tert-alkyl or cyclic N) is 1. The van der Waals surface area contributed by atoms with Gasteiger partial charge in [-0.25, -0.2) is 0 Å². The molecule has 0 saturated carbocycles. The second kappa shape index (κ2) is 5.75. The van der Waals surface area contributed by atoms with Crippen molar-refractivity contribution >= 4 is 5.91 Å². The van der Waals surface area contributed by atoms with Crippen LogP contribution in [0.2, 0.25) is 0 Å². The molecular formula is C14H17F2NO3. The molecule has 6 heteroatoms. The molecule has 1 aromatic rings. The maximum absolute atomic E-state index is 12.3. The lowest BCUT2D eigenvalue weighted by Crippen LogP contribution is -2.63. The van der Waals surface area contributed by atoms with Crippen LogP contribution in [-0.4, -0.2) is 41.2 Å². The van der Waals surface area contributed by atoms with Crippen LogP contribution in [0.4, 0.5) is 8.78 Å². The van der Waals surface area contributed by atoms with Gasteiger partial charge in [0.15, 0.2) is 0 Å². The van der Waals surface area contributed by atoms with Crippen LogP contribution in [-0.2, 0) is 0 Å². The topological polar surface area (TPSA) is 49.8 Å². The van der Waals surface area contributed by atoms with Crippen LogP contribution >= 0.6 is 0 Å². The second-order valence-corrected chi connectivity index (χ2v) is 5.01. The van der Waals surface area contributed by atoms with Crippen LogP contribution in [0.1, 0.15) is 30.1 Å². The van der Waals surface area contributed by atoms with E-state index >= 15 is 0 Å². The molecule has 0 unspecified atom stereocenters. The zero-order valence-electron chi connectivity index (χ0n) is 11.2. The highest BCUT2D eigenvalue weighted by atomic mass is 19.3. The number of nitrogens with zero attached hydrogens (tertiary/aromatic N) is 1. The molecule has 0 bridgehead atoms. The van der Waals surface area contributed by atoms with E-state index in [9.17, 15) is 18.7 Å². The standard InChI is InChI=1S/C14H17F2NO3/c1-2-7-14(19)8-17(9-14)12(18)10-5-3-4-6-11(10)20-13(15)16/h3-6,13,19H,2,7-9H2,1H3. The van der Waals surface area contributed by atoms with Gasteiger partial charge in [-0.3, -0.25) is 4.79 Å². The van der Waals surface area contributed by atoms with Gasteiger partial charge < -0.3 is 14.7 Å². The van der Waals surface area contributed by atoms with Crippen molar-refractivity contribution in [3.05, 3.63) is 29.8 Å². The summed E-state index contributed by atoms with van der Waals surface area (Å²) in [5.41, 5.74) is -0.755. The fourth-order valence-electron chi connectivity index (χ4n) is 2.44. The minimum absolute atomic E-state index is 0.0892. The first-order valence-corrected chi connectivity index (χ1v) is 6.51. The van der Waals surface area contributed by atoms with E-state index < -0.39 is 18.1 Å². The van der Waals surface area contributed by atoms with Crippen molar-refractivity contribution in [3.8, 4) is 5.75 Å². The summed E-state index contributed by atoms with van der Waals surface area (Å²) in [5, 5.41) is 10.0. The Balaban J connectivity index is 2.08. The third kappa shape index (κ3) is 3.07. The summed E-state index contributed by atoms with van der Waals surface area (Å²) in [6.07, 6.45) is 1.44. The zero-order valence-corrected chi connectivity index (χ0v) is 11.2. The summed E-state index contributed by atoms with van der Waals surface area (Å²) in [4.78, 5) is 13.6. The quantitative estimate of drug-likeness (QED) is 0.903. The first kappa shape index (κ1) is 14.7. The smallest absolute Gasteiger partial charge is 0.387 e. The fourth-order valence-corrected chi connectivity index (χ4v) is 2.44. The fraction of sp³-hybridized carbons (Fsp3) is 0.500. The molecule has 0 aliphatic carbocycles. The molecule has 1 saturated heterocycles. The van der Waals surface area contributed by atoms with E-state index in [1.807, 2.05) is 6.92 Å². The molecule has 1 N–H and O–H groups in total. The molecule has 1 fully saturated rings. The molecule has 0 radical (unpaired) electrons. The third-order valence-electron chi connectivity index (χ3n) is 3.31. The average molecular weight is 285 g/mol. The minimum atomic E-state index is -2.97. The monoisotopic (exact) mass is 285 g/mol. The number of carbonyl (C=O) groups is 1. The van der Waals surface area contributed by atoms with Gasteiger partial charge in [-0.1, -0.05) is 25.5 Å². The Hall–Kier alpha value is -1.69. The molecule has 0 atom stereocenters. The van der Waals surface area contributed by atoms with Gasteiger partial charge in [-0.15, -0.1) is 0 Å². The predicted molar refractivity (Wildman–Crippen MR) is 68.8 cm³/mol. The predicted octanol–water partition coefficient (Wildman–Crippen LogP) is 2.28. The van der Waals surface area contributed by atoms with E-state index in [1.165, 1.54) is 23.1 Å². The summed E-state index contributed by atoms with van der Waals surface area (Å²) in [6, 6.07) is 5.89. The maximum atomic E-state index is 12.3. The van der Waals surface area contributed by atoms with Gasteiger partial charge in [-0.2, -0.15) is 8.78 Å². The van der Waals surface area contributed by atoms with E-state index in [-0.39, 0.29) is 24.4 Å². The SMILES string of the molecule is CCCC1(O)CN(C(=O)c2ccccc2OC(F)F)C1. The van der Waals surface area contributed by atoms with Crippen LogP contribution in [0, 0.1) is 0 Å². The van der Waals surface area contributed by atoms with Gasteiger partial charge in [0, 0.05) is 0 Å². The Morgan fingerprint density at radius 1 is 1.45 bits per heavy atom. The Labute approximate surface area is 116 Å². The molecule has 0 spiro atoms. The Bertz CT molecular complexity index is 487. The van der Waals surface area contributed by atoms with Crippen molar-refractivity contribution in [1.29, 1.82) is 0 Å². The first-order chi connectivity index (χ1) is 9.45. The van der Waals surface area contributed by atoms with E-state index in [2.05, 4.69) is 4.74 Å². The number of amides is 1. The largest absolute Gasteiger partial charge is 0.434 e. The molecule has 1 aliphatic rings. The van der Waals surface area contributed by atoms with Crippen molar-refractivity contribution in [2.24, 2.45) is 0 Å². The number of aliphatic hydroxyl groups is 1. The number of ether oxygens (including phenoxy) is 1. The number of halogens is 2. The van der Waals surface area contributed by atoms with Crippen LogP contribution < -0.4 is 4.74 Å². The number of likely N-dealkylation sites (tertiary alicyclic amines) is 1. The number of benzene rings is 1. The number of carbonyl (C=O) groups excluding carboxylic acids is 1. The number of hydrogen-bond donors (Lipinski definition) is 1. The average Bonchev–Trinajstić information content (AvgIpc) is 2.35. The van der Waals surface area contributed by atoms with Crippen molar-refractivity contribution in [1.82, 2.24) is 4.90 Å². The lowest BCUT2D eigenvalue weighted by molar-refractivity contribution is -0.0866. The Kier molecular flexibility index (Phi) is 4.23. The molecule has 1 aromatic carbocycles. The molecule has 110 valence electrons. The van der Waals surface area contributed by atoms with Crippen LogP contribution in [0.3, 0.4) is 0 Å². The van der Waals surface area contributed by atoms with Crippen molar-refractivity contribution < 1.29 is 23.4 Å². The summed E-state index contributed by atoms with van der Waals surface area (Å²) in [7, 11) is 0. The molecule has 1 heterocycles. The minimum Gasteiger partial charge on any atom is -0.434 e. The van der Waals surface area contributed by atoms with Gasteiger partial charge in [0.2, 0.25) is 0 Å². The summed E-state index contributed by atoms with van der Waals surface area (Å²) in [6.45, 7) is -0.572. The number of para-hydroxylation sites is 1. The summed E-state index contributed by atoms with van der Waals surface area (Å²) < 4.78 is 28.9. The normalized spacial score (nSPS) is 16.9. The molecule has 20 heavy (non-hydrogen) atoms. The molecule has 0 aromatic heterocycles. The van der Waals surface area contributed by atoms with Gasteiger partial charge in [0.05, 0.1) is 24.3 Å². The zero-order chi connectivity index (χ0) is 14.8. The number of rotatable bonds is 5. The van der Waals surface area contributed by atoms with Crippen LogP contribution in [0.15, 0.2) is 24.3 Å². The molecule has 2 rings (SSSR count). The summed E-state index contributed by atoms with van der Waals surface area (Å²) in [5.74, 6) is -0.541. The van der Waals surface area contributed by atoms with Crippen LogP contribution in [0.5, 0.6) is 5.75 Å². The molecular weight excluding hydrogens is 268 g/mol.